The Kier molecular flexibility index (Phi) is 6.51. The summed E-state index contributed by atoms with van der Waals surface area (Å²) in [6, 6.07) is 9.51. The molecule has 0 aliphatic carbocycles. The zero-order valence-electron chi connectivity index (χ0n) is 16.4. The molecule has 1 aromatic carbocycles. The van der Waals surface area contributed by atoms with E-state index in [2.05, 4.69) is 41.3 Å². The normalized spacial score (nSPS) is 12.6. The van der Waals surface area contributed by atoms with Crippen LogP contribution >= 0.6 is 35.0 Å². The number of rotatable bonds is 5. The molecule has 0 bridgehead atoms. The molecule has 0 unspecified atom stereocenters. The number of carbonyl (C=O) groups excluding carboxylic acids is 1. The summed E-state index contributed by atoms with van der Waals surface area (Å²) >= 11 is 13.0. The maximum atomic E-state index is 12.4. The summed E-state index contributed by atoms with van der Waals surface area (Å²) in [7, 11) is 0. The van der Waals surface area contributed by atoms with Gasteiger partial charge in [0.05, 0.1) is 15.3 Å². The number of amides is 1. The van der Waals surface area contributed by atoms with Gasteiger partial charge in [-0.1, -0.05) is 67.9 Å². The number of anilines is 1. The van der Waals surface area contributed by atoms with Crippen molar-refractivity contribution < 1.29 is 9.21 Å². The first-order valence-corrected chi connectivity index (χ1v) is 10.5. The molecular weight excluding hydrogens is 431 g/mol. The van der Waals surface area contributed by atoms with Gasteiger partial charge in [0.2, 0.25) is 11.8 Å². The zero-order chi connectivity index (χ0) is 21.2. The first-order valence-electron chi connectivity index (χ1n) is 8.86. The van der Waals surface area contributed by atoms with Crippen LogP contribution in [-0.4, -0.2) is 26.3 Å². The highest BCUT2D eigenvalue weighted by Gasteiger charge is 2.20. The number of hydrogen-bond donors (Lipinski definition) is 1. The lowest BCUT2D eigenvalue weighted by molar-refractivity contribution is -0.115. The van der Waals surface area contributed by atoms with Crippen LogP contribution < -0.4 is 5.32 Å². The molecule has 3 aromatic rings. The van der Waals surface area contributed by atoms with Crippen LogP contribution in [-0.2, 0) is 10.2 Å². The van der Waals surface area contributed by atoms with Crippen molar-refractivity contribution in [3.8, 4) is 11.5 Å². The fourth-order valence-electron chi connectivity index (χ4n) is 2.42. The van der Waals surface area contributed by atoms with Crippen LogP contribution in [0.25, 0.3) is 11.5 Å². The molecule has 0 saturated heterocycles. The van der Waals surface area contributed by atoms with E-state index < -0.39 is 5.25 Å². The Labute approximate surface area is 183 Å². The van der Waals surface area contributed by atoms with E-state index in [-0.39, 0.29) is 22.2 Å². The number of nitrogens with one attached hydrogen (secondary N) is 1. The van der Waals surface area contributed by atoms with E-state index in [1.54, 1.807) is 6.92 Å². The molecule has 0 radical (unpaired) electrons. The van der Waals surface area contributed by atoms with Crippen LogP contribution in [0.3, 0.4) is 0 Å². The standard InChI is InChI=1S/C20H20Cl2N4O2S/c1-11(17(27)24-16-15(22)9-14(21)10-23-16)29-19-26-25-18(28-19)12-5-7-13(8-6-12)20(2,3)4/h5-11H,1-4H3,(H,23,24,27)/t11-/m1/s1. The summed E-state index contributed by atoms with van der Waals surface area (Å²) in [6.45, 7) is 8.19. The van der Waals surface area contributed by atoms with Crippen LogP contribution in [0, 0.1) is 0 Å². The minimum Gasteiger partial charge on any atom is -0.411 e. The molecule has 0 spiro atoms. The van der Waals surface area contributed by atoms with Gasteiger partial charge < -0.3 is 9.73 Å². The highest BCUT2D eigenvalue weighted by molar-refractivity contribution is 8.00. The van der Waals surface area contributed by atoms with E-state index in [0.29, 0.717) is 16.1 Å². The van der Waals surface area contributed by atoms with Gasteiger partial charge in [0, 0.05) is 11.8 Å². The van der Waals surface area contributed by atoms with Crippen molar-refractivity contribution in [3.05, 3.63) is 52.1 Å². The number of hydrogen-bond acceptors (Lipinski definition) is 6. The third-order valence-electron chi connectivity index (χ3n) is 4.10. The number of halogens is 2. The van der Waals surface area contributed by atoms with E-state index in [9.17, 15) is 4.79 Å². The molecule has 1 amide bonds. The molecule has 2 heterocycles. The Morgan fingerprint density at radius 2 is 1.86 bits per heavy atom. The van der Waals surface area contributed by atoms with Gasteiger partial charge in [-0.15, -0.1) is 10.2 Å². The average Bonchev–Trinajstić information content (AvgIpc) is 3.12. The fraction of sp³-hybridized carbons (Fsp3) is 0.300. The van der Waals surface area contributed by atoms with Gasteiger partial charge in [0.25, 0.3) is 5.22 Å². The lowest BCUT2D eigenvalue weighted by atomic mass is 9.87. The first kappa shape index (κ1) is 21.6. The molecule has 0 aliphatic rings. The Hall–Kier alpha value is -2.09. The first-order chi connectivity index (χ1) is 13.6. The molecule has 6 nitrogen and oxygen atoms in total. The maximum absolute atomic E-state index is 12.4. The molecular formula is C20H20Cl2N4O2S. The molecule has 9 heteroatoms. The summed E-state index contributed by atoms with van der Waals surface area (Å²) in [6.07, 6.45) is 1.41. The Bertz CT molecular complexity index is 1020. The van der Waals surface area contributed by atoms with Crippen LogP contribution in [0.2, 0.25) is 10.0 Å². The lowest BCUT2D eigenvalue weighted by Crippen LogP contribution is -2.23. The Morgan fingerprint density at radius 1 is 1.17 bits per heavy atom. The molecule has 3 rings (SSSR count). The number of benzene rings is 1. The van der Waals surface area contributed by atoms with Crippen LogP contribution in [0.1, 0.15) is 33.3 Å². The average molecular weight is 451 g/mol. The highest BCUT2D eigenvalue weighted by Crippen LogP contribution is 2.29. The third-order valence-corrected chi connectivity index (χ3v) is 5.53. The summed E-state index contributed by atoms with van der Waals surface area (Å²) in [4.78, 5) is 16.4. The van der Waals surface area contributed by atoms with E-state index in [1.807, 2.05) is 24.3 Å². The Morgan fingerprint density at radius 3 is 2.48 bits per heavy atom. The molecule has 29 heavy (non-hydrogen) atoms. The van der Waals surface area contributed by atoms with Crippen LogP contribution in [0.5, 0.6) is 0 Å². The summed E-state index contributed by atoms with van der Waals surface area (Å²) in [5.41, 5.74) is 2.11. The third kappa shape index (κ3) is 5.50. The topological polar surface area (TPSA) is 80.9 Å². The summed E-state index contributed by atoms with van der Waals surface area (Å²) in [5.74, 6) is 0.364. The largest absolute Gasteiger partial charge is 0.411 e. The van der Waals surface area contributed by atoms with E-state index >= 15 is 0 Å². The summed E-state index contributed by atoms with van der Waals surface area (Å²) in [5, 5.41) is 11.2. The molecule has 0 fully saturated rings. The number of thioether (sulfide) groups is 1. The van der Waals surface area contributed by atoms with Gasteiger partial charge in [0.1, 0.15) is 0 Å². The zero-order valence-corrected chi connectivity index (χ0v) is 18.7. The van der Waals surface area contributed by atoms with E-state index in [4.69, 9.17) is 27.6 Å². The van der Waals surface area contributed by atoms with Gasteiger partial charge in [-0.2, -0.15) is 0 Å². The minimum atomic E-state index is -0.500. The summed E-state index contributed by atoms with van der Waals surface area (Å²) < 4.78 is 5.71. The van der Waals surface area contributed by atoms with Crippen LogP contribution in [0.15, 0.2) is 46.2 Å². The molecule has 0 saturated carbocycles. The number of aromatic nitrogens is 3. The number of nitrogens with zero attached hydrogens (tertiary/aromatic N) is 3. The van der Waals surface area contributed by atoms with Gasteiger partial charge >= 0.3 is 0 Å². The van der Waals surface area contributed by atoms with E-state index in [1.165, 1.54) is 17.8 Å². The van der Waals surface area contributed by atoms with Crippen molar-refractivity contribution in [1.29, 1.82) is 0 Å². The maximum Gasteiger partial charge on any atom is 0.277 e. The van der Waals surface area contributed by atoms with Gasteiger partial charge in [-0.3, -0.25) is 4.79 Å². The quantitative estimate of drug-likeness (QED) is 0.490. The lowest BCUT2D eigenvalue weighted by Gasteiger charge is -2.18. The smallest absolute Gasteiger partial charge is 0.277 e. The van der Waals surface area contributed by atoms with Crippen molar-refractivity contribution in [1.82, 2.24) is 15.2 Å². The van der Waals surface area contributed by atoms with Crippen molar-refractivity contribution >= 4 is 46.7 Å². The molecule has 2 aromatic heterocycles. The number of pyridine rings is 1. The molecule has 0 aliphatic heterocycles. The Balaban J connectivity index is 1.65. The van der Waals surface area contributed by atoms with Gasteiger partial charge in [-0.25, -0.2) is 4.98 Å². The second-order valence-electron chi connectivity index (χ2n) is 7.43. The minimum absolute atomic E-state index is 0.0685. The van der Waals surface area contributed by atoms with Crippen molar-refractivity contribution in [2.45, 2.75) is 43.6 Å². The second-order valence-corrected chi connectivity index (χ2v) is 9.57. The second kappa shape index (κ2) is 8.73. The van der Waals surface area contributed by atoms with E-state index in [0.717, 1.165) is 17.3 Å². The van der Waals surface area contributed by atoms with Gasteiger partial charge in [-0.05, 0) is 36.1 Å². The van der Waals surface area contributed by atoms with Crippen molar-refractivity contribution in [3.63, 3.8) is 0 Å². The molecule has 1 N–H and O–H groups in total. The molecule has 152 valence electrons. The molecule has 1 atom stereocenters. The predicted octanol–water partition coefficient (Wildman–Crippen LogP) is 5.86. The fourth-order valence-corrected chi connectivity index (χ4v) is 3.53. The number of carbonyl (C=O) groups is 1. The highest BCUT2D eigenvalue weighted by atomic mass is 35.5. The monoisotopic (exact) mass is 450 g/mol. The SMILES string of the molecule is C[C@@H](Sc1nnc(-c2ccc(C(C)(C)C)cc2)o1)C(=O)Nc1ncc(Cl)cc1Cl. The van der Waals surface area contributed by atoms with Crippen molar-refractivity contribution in [2.75, 3.05) is 5.32 Å². The van der Waals surface area contributed by atoms with Gasteiger partial charge in [0.15, 0.2) is 5.82 Å². The van der Waals surface area contributed by atoms with Crippen LogP contribution in [0.4, 0.5) is 5.82 Å². The van der Waals surface area contributed by atoms with Crippen molar-refractivity contribution in [2.24, 2.45) is 0 Å². The predicted molar refractivity (Wildman–Crippen MR) is 117 cm³/mol.